The molecule has 0 aliphatic carbocycles. The van der Waals surface area contributed by atoms with Gasteiger partial charge in [-0.3, -0.25) is 0 Å². The fraction of sp³-hybridized carbons (Fsp3) is 0.724. The maximum atomic E-state index is 6.13. The first-order valence-electron chi connectivity index (χ1n) is 13.3. The normalized spacial score (nSPS) is 20.0. The Morgan fingerprint density at radius 2 is 1.52 bits per heavy atom. The van der Waals surface area contributed by atoms with Gasteiger partial charge in [0.05, 0.1) is 19.8 Å². The molecule has 1 aliphatic heterocycles. The zero-order chi connectivity index (χ0) is 23.8. The SMILES string of the molecule is CCCCCCCCCCCC/C=C\[C@@H]1OC(C)(C)O[C@H]1CCOCc1ccc(OC)cc1. The Hall–Kier alpha value is -1.36. The lowest BCUT2D eigenvalue weighted by Crippen LogP contribution is -2.22. The second kappa shape index (κ2) is 16.3. The van der Waals surface area contributed by atoms with Gasteiger partial charge in [-0.15, -0.1) is 0 Å². The number of benzene rings is 1. The van der Waals surface area contributed by atoms with Gasteiger partial charge in [0.15, 0.2) is 5.79 Å². The summed E-state index contributed by atoms with van der Waals surface area (Å²) in [5.74, 6) is 0.331. The first-order valence-corrected chi connectivity index (χ1v) is 13.3. The summed E-state index contributed by atoms with van der Waals surface area (Å²) in [5, 5.41) is 0. The summed E-state index contributed by atoms with van der Waals surface area (Å²) in [6.45, 7) is 7.52. The maximum Gasteiger partial charge on any atom is 0.164 e. The number of hydrogen-bond donors (Lipinski definition) is 0. The van der Waals surface area contributed by atoms with E-state index in [0.717, 1.165) is 24.2 Å². The number of hydrogen-bond acceptors (Lipinski definition) is 4. The van der Waals surface area contributed by atoms with Gasteiger partial charge in [0.2, 0.25) is 0 Å². The van der Waals surface area contributed by atoms with Crippen molar-refractivity contribution in [3.8, 4) is 5.75 Å². The van der Waals surface area contributed by atoms with E-state index in [-0.39, 0.29) is 12.2 Å². The molecule has 1 aromatic carbocycles. The Morgan fingerprint density at radius 3 is 2.15 bits per heavy atom. The van der Waals surface area contributed by atoms with Crippen LogP contribution in [-0.4, -0.2) is 31.7 Å². The van der Waals surface area contributed by atoms with Gasteiger partial charge in [0, 0.05) is 6.61 Å². The smallest absolute Gasteiger partial charge is 0.164 e. The second-order valence-electron chi connectivity index (χ2n) is 9.73. The molecule has 1 heterocycles. The molecule has 2 atom stereocenters. The van der Waals surface area contributed by atoms with Gasteiger partial charge < -0.3 is 18.9 Å². The Morgan fingerprint density at radius 1 is 0.879 bits per heavy atom. The van der Waals surface area contributed by atoms with Crippen molar-refractivity contribution in [3.63, 3.8) is 0 Å². The third-order valence-corrected chi connectivity index (χ3v) is 6.25. The van der Waals surface area contributed by atoms with Crippen molar-refractivity contribution in [2.45, 2.75) is 122 Å². The molecule has 0 saturated carbocycles. The molecule has 4 heteroatoms. The number of unbranched alkanes of at least 4 members (excludes halogenated alkanes) is 10. The molecule has 1 saturated heterocycles. The monoisotopic (exact) mass is 460 g/mol. The molecule has 1 fully saturated rings. The Kier molecular flexibility index (Phi) is 13.8. The summed E-state index contributed by atoms with van der Waals surface area (Å²) in [6, 6.07) is 8.00. The molecule has 0 bridgehead atoms. The lowest BCUT2D eigenvalue weighted by molar-refractivity contribution is -0.144. The summed E-state index contributed by atoms with van der Waals surface area (Å²) >= 11 is 0. The van der Waals surface area contributed by atoms with Crippen LogP contribution in [0.5, 0.6) is 5.75 Å². The third kappa shape index (κ3) is 12.1. The van der Waals surface area contributed by atoms with Crippen molar-refractivity contribution in [2.24, 2.45) is 0 Å². The van der Waals surface area contributed by atoms with Crippen molar-refractivity contribution in [1.82, 2.24) is 0 Å². The van der Waals surface area contributed by atoms with Crippen molar-refractivity contribution in [1.29, 1.82) is 0 Å². The number of methoxy groups -OCH3 is 1. The minimum Gasteiger partial charge on any atom is -0.497 e. The van der Waals surface area contributed by atoms with Crippen LogP contribution in [0.3, 0.4) is 0 Å². The Labute approximate surface area is 203 Å². The molecule has 33 heavy (non-hydrogen) atoms. The van der Waals surface area contributed by atoms with E-state index in [1.807, 2.05) is 38.1 Å². The van der Waals surface area contributed by atoms with E-state index < -0.39 is 5.79 Å². The van der Waals surface area contributed by atoms with Crippen LogP contribution in [0.4, 0.5) is 0 Å². The molecule has 1 aromatic rings. The van der Waals surface area contributed by atoms with Crippen molar-refractivity contribution >= 4 is 0 Å². The summed E-state index contributed by atoms with van der Waals surface area (Å²) < 4.78 is 23.3. The summed E-state index contributed by atoms with van der Waals surface area (Å²) in [4.78, 5) is 0. The minimum absolute atomic E-state index is 0.00714. The number of allylic oxidation sites excluding steroid dienone is 1. The molecule has 0 radical (unpaired) electrons. The highest BCUT2D eigenvalue weighted by atomic mass is 16.7. The largest absolute Gasteiger partial charge is 0.497 e. The molecule has 0 unspecified atom stereocenters. The van der Waals surface area contributed by atoms with Gasteiger partial charge in [-0.25, -0.2) is 0 Å². The van der Waals surface area contributed by atoms with Gasteiger partial charge >= 0.3 is 0 Å². The zero-order valence-corrected chi connectivity index (χ0v) is 21.7. The number of ether oxygens (including phenoxy) is 4. The van der Waals surface area contributed by atoms with Crippen molar-refractivity contribution < 1.29 is 18.9 Å². The van der Waals surface area contributed by atoms with Crippen LogP contribution in [0.1, 0.15) is 103 Å². The summed E-state index contributed by atoms with van der Waals surface area (Å²) in [6.07, 6.45) is 20.2. The molecule has 188 valence electrons. The van der Waals surface area contributed by atoms with E-state index in [4.69, 9.17) is 18.9 Å². The minimum atomic E-state index is -0.535. The lowest BCUT2D eigenvalue weighted by atomic mass is 10.1. The molecule has 0 aromatic heterocycles. The van der Waals surface area contributed by atoms with Crippen LogP contribution in [0, 0.1) is 0 Å². The van der Waals surface area contributed by atoms with E-state index in [0.29, 0.717) is 13.2 Å². The van der Waals surface area contributed by atoms with Crippen molar-refractivity contribution in [3.05, 3.63) is 42.0 Å². The standard InChI is InChI=1S/C29H48O4/c1-5-6-7-8-9-10-11-12-13-14-15-16-17-27-28(33-29(2,3)32-27)22-23-31-24-25-18-20-26(30-4)21-19-25/h16-21,27-28H,5-15,22-24H2,1-4H3/b17-16-/t27-,28-/m0/s1. The molecule has 0 spiro atoms. The van der Waals surface area contributed by atoms with Gasteiger partial charge in [-0.05, 0) is 50.8 Å². The van der Waals surface area contributed by atoms with Crippen molar-refractivity contribution in [2.75, 3.05) is 13.7 Å². The van der Waals surface area contributed by atoms with E-state index in [2.05, 4.69) is 19.1 Å². The fourth-order valence-corrected chi connectivity index (χ4v) is 4.34. The first-order chi connectivity index (χ1) is 16.0. The first kappa shape index (κ1) is 27.9. The van der Waals surface area contributed by atoms with E-state index >= 15 is 0 Å². The van der Waals surface area contributed by atoms with Gasteiger partial charge in [-0.1, -0.05) is 89.0 Å². The predicted octanol–water partition coefficient (Wildman–Crippen LogP) is 7.99. The topological polar surface area (TPSA) is 36.9 Å². The molecular weight excluding hydrogens is 412 g/mol. The van der Waals surface area contributed by atoms with Crippen LogP contribution < -0.4 is 4.74 Å². The van der Waals surface area contributed by atoms with Crippen LogP contribution in [0.2, 0.25) is 0 Å². The second-order valence-corrected chi connectivity index (χ2v) is 9.73. The molecule has 2 rings (SSSR count). The molecule has 0 N–H and O–H groups in total. The molecule has 4 nitrogen and oxygen atoms in total. The Bertz CT molecular complexity index is 638. The highest BCUT2D eigenvalue weighted by Gasteiger charge is 2.39. The number of rotatable bonds is 18. The van der Waals surface area contributed by atoms with Crippen LogP contribution >= 0.6 is 0 Å². The van der Waals surface area contributed by atoms with Crippen LogP contribution in [0.15, 0.2) is 36.4 Å². The van der Waals surface area contributed by atoms with Crippen LogP contribution in [0.25, 0.3) is 0 Å². The fourth-order valence-electron chi connectivity index (χ4n) is 4.34. The van der Waals surface area contributed by atoms with E-state index in [9.17, 15) is 0 Å². The molecular formula is C29H48O4. The summed E-state index contributed by atoms with van der Waals surface area (Å²) in [7, 11) is 1.68. The van der Waals surface area contributed by atoms with Gasteiger partial charge in [0.1, 0.15) is 11.9 Å². The lowest BCUT2D eigenvalue weighted by Gasteiger charge is -2.16. The highest BCUT2D eigenvalue weighted by molar-refractivity contribution is 5.26. The third-order valence-electron chi connectivity index (χ3n) is 6.25. The Balaban J connectivity index is 1.57. The average molecular weight is 461 g/mol. The maximum absolute atomic E-state index is 6.13. The van der Waals surface area contributed by atoms with Gasteiger partial charge in [0.25, 0.3) is 0 Å². The highest BCUT2D eigenvalue weighted by Crippen LogP contribution is 2.31. The summed E-state index contributed by atoms with van der Waals surface area (Å²) in [5.41, 5.74) is 1.15. The van der Waals surface area contributed by atoms with E-state index in [1.54, 1.807) is 7.11 Å². The van der Waals surface area contributed by atoms with Crippen LogP contribution in [-0.2, 0) is 20.8 Å². The van der Waals surface area contributed by atoms with E-state index in [1.165, 1.54) is 64.2 Å². The van der Waals surface area contributed by atoms with Gasteiger partial charge in [-0.2, -0.15) is 0 Å². The molecule has 0 amide bonds. The average Bonchev–Trinajstić information content (AvgIpc) is 3.11. The quantitative estimate of drug-likeness (QED) is 0.164. The molecule has 1 aliphatic rings. The predicted molar refractivity (Wildman–Crippen MR) is 137 cm³/mol. The zero-order valence-electron chi connectivity index (χ0n) is 21.7.